The van der Waals surface area contributed by atoms with Gasteiger partial charge in [0.1, 0.15) is 37.1 Å². The van der Waals surface area contributed by atoms with E-state index in [1.807, 2.05) is 44.3 Å². The number of methoxy groups -OCH3 is 1. The number of esters is 2. The summed E-state index contributed by atoms with van der Waals surface area (Å²) in [5.41, 5.74) is 10.7. The number of aryl methyl sites for hydroxylation is 1. The number of hydrogen-bond acceptors (Lipinski definition) is 21. The van der Waals surface area contributed by atoms with Gasteiger partial charge in [0.2, 0.25) is 24.5 Å². The number of amides is 8. The molecule has 1 aromatic heterocycles. The number of anilines is 1. The predicted molar refractivity (Wildman–Crippen MR) is 364 cm³/mol. The van der Waals surface area contributed by atoms with Crippen LogP contribution < -0.4 is 56.6 Å². The highest BCUT2D eigenvalue weighted by atomic mass is 32.2. The molecule has 0 aliphatic carbocycles. The van der Waals surface area contributed by atoms with Crippen molar-refractivity contribution in [1.29, 1.82) is 5.26 Å². The summed E-state index contributed by atoms with van der Waals surface area (Å²) in [5, 5.41) is 41.5. The fourth-order valence-corrected chi connectivity index (χ4v) is 17.1. The quantitative estimate of drug-likeness (QED) is 0.0177. The van der Waals surface area contributed by atoms with Crippen molar-refractivity contribution >= 4 is 82.0 Å². The van der Waals surface area contributed by atoms with Crippen molar-refractivity contribution in [1.82, 2.24) is 46.3 Å². The van der Waals surface area contributed by atoms with Gasteiger partial charge in [0, 0.05) is 108 Å². The molecule has 8 aliphatic heterocycles. The number of nitrogens with zero attached hydrogens (tertiary/aromatic N) is 4. The number of aromatic nitrogens is 1. The van der Waals surface area contributed by atoms with E-state index in [1.165, 1.54) is 37.9 Å². The molecule has 4 bridgehead atoms. The maximum atomic E-state index is 15.8. The maximum Gasteiger partial charge on any atom is 0.407 e. The molecule has 0 saturated carbocycles. The molecule has 1 spiro atoms. The molecule has 13 rings (SSSR count). The number of hydrogen-bond donors (Lipinski definition) is 9. The number of rotatable bonds is 22. The van der Waals surface area contributed by atoms with Gasteiger partial charge in [-0.25, -0.2) is 14.4 Å². The van der Waals surface area contributed by atoms with Crippen LogP contribution in [0.2, 0.25) is 0 Å². The Balaban J connectivity index is 0.753. The zero-order valence-corrected chi connectivity index (χ0v) is 57.4. The Morgan fingerprint density at radius 2 is 1.65 bits per heavy atom. The number of nitrogens with two attached hydrogens (primary N) is 1. The minimum absolute atomic E-state index is 0.0111. The zero-order chi connectivity index (χ0) is 71.0. The summed E-state index contributed by atoms with van der Waals surface area (Å²) in [6.45, 7) is 8.23. The highest BCUT2D eigenvalue weighted by Crippen LogP contribution is 2.65. The monoisotopic (exact) mass is 1390 g/mol. The first kappa shape index (κ1) is 70.0. The summed E-state index contributed by atoms with van der Waals surface area (Å²) in [6.07, 6.45) is 4.37. The van der Waals surface area contributed by atoms with Crippen LogP contribution in [0.25, 0.3) is 10.9 Å². The molecule has 10 atom stereocenters. The van der Waals surface area contributed by atoms with Crippen LogP contribution in [0.5, 0.6) is 28.7 Å². The molecule has 0 radical (unpaired) electrons. The third kappa shape index (κ3) is 13.4. The second-order valence-electron chi connectivity index (χ2n) is 26.7. The second-order valence-corrected chi connectivity index (χ2v) is 27.8. The number of H-pyrrole nitrogens is 1. The van der Waals surface area contributed by atoms with E-state index in [-0.39, 0.29) is 106 Å². The van der Waals surface area contributed by atoms with E-state index in [2.05, 4.69) is 52.8 Å². The highest BCUT2D eigenvalue weighted by molar-refractivity contribution is 7.99. The summed E-state index contributed by atoms with van der Waals surface area (Å²) < 4.78 is 37.1. The number of carbonyl (C=O) groups excluding carboxylic acids is 9. The number of phenols is 1. The van der Waals surface area contributed by atoms with Crippen LogP contribution in [-0.2, 0) is 68.0 Å². The van der Waals surface area contributed by atoms with Crippen molar-refractivity contribution in [2.45, 2.75) is 152 Å². The van der Waals surface area contributed by atoms with Gasteiger partial charge in [-0.3, -0.25) is 48.8 Å². The third-order valence-corrected chi connectivity index (χ3v) is 21.5. The number of benzene rings is 4. The third-order valence-electron chi connectivity index (χ3n) is 20.0. The number of aromatic amines is 1. The van der Waals surface area contributed by atoms with E-state index in [9.17, 15) is 48.7 Å². The van der Waals surface area contributed by atoms with Crippen molar-refractivity contribution in [3.63, 3.8) is 0 Å². The standard InChI is InChI=1S/C71H82N12O16S/c1-35(2)56(79-50(85)17-9-8-12-25-82-51(86)22-23-52(82)87)67(90)78-46(16-13-24-74-69(73)92)66(89)76-41-20-18-39(19-21-41)31-96-70(93)75-30-42-28-44-43-14-10-11-15-45(43)77-65(44)71(80-42)33-100-64-55-54(63-62(97-34-98-63)37(4)61(55)99-38(5)84)49(32-95-68(71)91)83-48(29-72)47-27-40-26-36(3)60(94-7)59(88)53(40)57(58(64)83)81(47)6/h10-11,14-15,18-23,26,35,42,46-49,56-58,64,77,80,88H,8-9,12-13,16-17,24-25,27-28,30-34H2,1-7H3,(H,75,93)(H,76,89)(H,78,90)(H,79,85)(H3,73,74,92)/t42-,46-,47-,48-,49-,56-,57+,58+,64+,71+/m0/s1. The Bertz CT molecular complexity index is 4170. The Labute approximate surface area is 581 Å². The number of imide groups is 1. The molecule has 0 unspecified atom stereocenters. The highest BCUT2D eigenvalue weighted by Gasteiger charge is 2.62. The van der Waals surface area contributed by atoms with Crippen molar-refractivity contribution in [2.75, 3.05) is 58.3 Å². The van der Waals surface area contributed by atoms with Crippen LogP contribution in [0.1, 0.15) is 127 Å². The number of likely N-dealkylation sites (N-methyl/N-ethyl adjacent to an activating group) is 1. The molecule has 5 aromatic rings. The van der Waals surface area contributed by atoms with E-state index in [0.29, 0.717) is 88.6 Å². The van der Waals surface area contributed by atoms with Crippen molar-refractivity contribution in [2.24, 2.45) is 11.7 Å². The number of primary amides is 1. The van der Waals surface area contributed by atoms with E-state index in [0.717, 1.165) is 32.5 Å². The number of piperazine rings is 1. The fraction of sp³-hybridized carbons (Fsp3) is 0.465. The molecule has 8 amide bonds. The molecular weight excluding hydrogens is 1310 g/mol. The molecule has 100 heavy (non-hydrogen) atoms. The summed E-state index contributed by atoms with van der Waals surface area (Å²) in [6, 6.07) is 12.1. The molecule has 9 heterocycles. The van der Waals surface area contributed by atoms with Crippen LogP contribution >= 0.6 is 11.8 Å². The first-order chi connectivity index (χ1) is 48.0. The molecular formula is C71H82N12O16S. The van der Waals surface area contributed by atoms with Gasteiger partial charge in [-0.1, -0.05) is 56.7 Å². The average molecular weight is 1390 g/mol. The smallest absolute Gasteiger partial charge is 0.407 e. The SMILES string of the molecule is COc1c(C)cc2c(c1O)[C@@H]1[C@@H]3[C@@H]4SC[C@]5(N[C@H](CNC(=O)OCc6ccc(NC(=O)[C@H](CCCNC(N)=O)NC(=O)[C@@H](NC(=O)CCCCCN7C(=O)C=CC7=O)C(C)C)cc6)Cc6c5[nH]c5ccccc65)C(=O)OC[C@@H](c5c6c(c(C)c(OC(C)=O)c54)OCO6)N3[C@@H](C#N)[C@H](C2)N1C. The summed E-state index contributed by atoms with van der Waals surface area (Å²) in [5.74, 6) is -2.58. The largest absolute Gasteiger partial charge is 0.504 e. The number of nitrogens with one attached hydrogen (secondary N) is 7. The lowest BCUT2D eigenvalue weighted by Gasteiger charge is -2.62. The van der Waals surface area contributed by atoms with Crippen molar-refractivity contribution < 1.29 is 76.7 Å². The van der Waals surface area contributed by atoms with Gasteiger partial charge >= 0.3 is 24.1 Å². The van der Waals surface area contributed by atoms with Gasteiger partial charge in [0.05, 0.1) is 36.2 Å². The minimum Gasteiger partial charge on any atom is -0.504 e. The minimum atomic E-state index is -1.63. The van der Waals surface area contributed by atoms with Gasteiger partial charge < -0.3 is 70.8 Å². The second kappa shape index (κ2) is 29.1. The van der Waals surface area contributed by atoms with Gasteiger partial charge in [-0.05, 0) is 106 Å². The molecule has 29 heteroatoms. The fourth-order valence-electron chi connectivity index (χ4n) is 15.4. The van der Waals surface area contributed by atoms with E-state index < -0.39 is 89.0 Å². The molecule has 4 aromatic carbocycles. The van der Waals surface area contributed by atoms with Crippen LogP contribution in [0, 0.1) is 31.1 Å². The molecule has 2 saturated heterocycles. The summed E-state index contributed by atoms with van der Waals surface area (Å²) in [4.78, 5) is 128. The Kier molecular flexibility index (Phi) is 20.4. The van der Waals surface area contributed by atoms with Gasteiger partial charge in [-0.2, -0.15) is 5.26 Å². The number of thioether (sulfide) groups is 1. The summed E-state index contributed by atoms with van der Waals surface area (Å²) in [7, 11) is 3.47. The average Bonchev–Trinajstić information content (AvgIpc) is 0.919. The number of unbranched alkanes of at least 4 members (excludes halogenated alkanes) is 2. The van der Waals surface area contributed by atoms with Gasteiger partial charge in [0.25, 0.3) is 11.8 Å². The summed E-state index contributed by atoms with van der Waals surface area (Å²) >= 11 is 1.41. The number of nitriles is 1. The van der Waals surface area contributed by atoms with Gasteiger partial charge in [-0.15, -0.1) is 11.8 Å². The normalized spacial score (nSPS) is 23.1. The van der Waals surface area contributed by atoms with E-state index in [4.69, 9.17) is 34.2 Å². The van der Waals surface area contributed by atoms with Crippen LogP contribution in [-0.4, -0.2) is 168 Å². The molecule has 10 N–H and O–H groups in total. The predicted octanol–water partition coefficient (Wildman–Crippen LogP) is 5.55. The van der Waals surface area contributed by atoms with Crippen molar-refractivity contribution in [3.8, 4) is 34.8 Å². The zero-order valence-electron chi connectivity index (χ0n) is 56.6. The number of alkyl carbamates (subject to hydrolysis) is 1. The number of urea groups is 1. The number of ether oxygens (including phenoxy) is 6. The Morgan fingerprint density at radius 3 is 2.37 bits per heavy atom. The van der Waals surface area contributed by atoms with Crippen LogP contribution in [0.4, 0.5) is 15.3 Å². The molecule has 28 nitrogen and oxygen atoms in total. The lowest BCUT2D eigenvalue weighted by Crippen LogP contribution is -2.69. The topological polar surface area (TPSA) is 377 Å². The number of aromatic hydroxyl groups is 1. The van der Waals surface area contributed by atoms with Crippen LogP contribution in [0.3, 0.4) is 0 Å². The lowest BCUT2D eigenvalue weighted by molar-refractivity contribution is -0.158. The number of phenolic OH excluding ortho intramolecular Hbond substituents is 1. The number of carbonyl (C=O) groups is 9. The molecule has 2 fully saturated rings. The Hall–Kier alpha value is -9.89. The van der Waals surface area contributed by atoms with Crippen LogP contribution in [0.15, 0.2) is 66.7 Å². The molecule has 8 aliphatic rings. The lowest BCUT2D eigenvalue weighted by atomic mass is 9.71. The number of fused-ring (bicyclic) bond motifs is 11. The van der Waals surface area contributed by atoms with Crippen molar-refractivity contribution in [3.05, 3.63) is 117 Å². The van der Waals surface area contributed by atoms with Gasteiger partial charge in [0.15, 0.2) is 28.5 Å². The maximum absolute atomic E-state index is 15.8. The number of para-hydroxylation sites is 1. The molecule has 528 valence electrons. The Morgan fingerprint density at radius 1 is 0.900 bits per heavy atom. The first-order valence-electron chi connectivity index (χ1n) is 33.6. The first-order valence-corrected chi connectivity index (χ1v) is 34.6. The van der Waals surface area contributed by atoms with E-state index in [1.54, 1.807) is 45.0 Å². The van der Waals surface area contributed by atoms with E-state index >= 15 is 4.79 Å².